The molecule has 0 aliphatic rings. The fraction of sp³-hybridized carbons (Fsp3) is 0.385. The number of carboxylic acid groups (broad SMARTS) is 1. The molecule has 0 spiro atoms. The fourth-order valence-corrected chi connectivity index (χ4v) is 1.39. The number of aromatic carboxylic acids is 1. The lowest BCUT2D eigenvalue weighted by Gasteiger charge is -2.08. The summed E-state index contributed by atoms with van der Waals surface area (Å²) in [6.45, 7) is 2.89. The highest BCUT2D eigenvalue weighted by Gasteiger charge is 2.10. The fourth-order valence-electron chi connectivity index (χ4n) is 1.39. The van der Waals surface area contributed by atoms with Gasteiger partial charge in [-0.3, -0.25) is 4.79 Å². The number of nitrogens with one attached hydrogen (secondary N) is 1. The van der Waals surface area contributed by atoms with Gasteiger partial charge in [0.2, 0.25) is 5.91 Å². The van der Waals surface area contributed by atoms with Crippen molar-refractivity contribution in [1.82, 2.24) is 0 Å². The highest BCUT2D eigenvalue weighted by Crippen LogP contribution is 2.24. The molecule has 1 rings (SSSR count). The predicted molar refractivity (Wildman–Crippen MR) is 69.4 cm³/mol. The second-order valence-electron chi connectivity index (χ2n) is 3.95. The summed E-state index contributed by atoms with van der Waals surface area (Å²) in [6, 6.07) is 3.75. The van der Waals surface area contributed by atoms with Crippen molar-refractivity contribution in [1.29, 1.82) is 0 Å². The van der Waals surface area contributed by atoms with E-state index < -0.39 is 5.97 Å². The Kier molecular flexibility index (Phi) is 5.81. The van der Waals surface area contributed by atoms with E-state index in [4.69, 9.17) is 9.84 Å². The summed E-state index contributed by atoms with van der Waals surface area (Å²) in [4.78, 5) is 22.2. The third kappa shape index (κ3) is 4.97. The van der Waals surface area contributed by atoms with Crippen LogP contribution in [-0.2, 0) is 9.53 Å². The zero-order chi connectivity index (χ0) is 14.3. The standard InChI is InChI=1S/C13H17NO5/c1-2-6-19-7-5-12(16)14-10-4-3-9(13(17)18)8-11(10)15/h3-4,8,15H,2,5-7H2,1H3,(H,14,16)(H,17,18). The van der Waals surface area contributed by atoms with Gasteiger partial charge >= 0.3 is 5.97 Å². The topological polar surface area (TPSA) is 95.9 Å². The normalized spacial score (nSPS) is 10.2. The van der Waals surface area contributed by atoms with Crippen LogP contribution in [0.3, 0.4) is 0 Å². The largest absolute Gasteiger partial charge is 0.506 e. The van der Waals surface area contributed by atoms with Gasteiger partial charge in [-0.05, 0) is 24.6 Å². The van der Waals surface area contributed by atoms with Gasteiger partial charge in [0.25, 0.3) is 0 Å². The molecular formula is C13H17NO5. The molecule has 1 aromatic rings. The minimum absolute atomic E-state index is 0.0400. The van der Waals surface area contributed by atoms with E-state index >= 15 is 0 Å². The van der Waals surface area contributed by atoms with Crippen molar-refractivity contribution in [2.24, 2.45) is 0 Å². The van der Waals surface area contributed by atoms with Crippen LogP contribution >= 0.6 is 0 Å². The second-order valence-corrected chi connectivity index (χ2v) is 3.95. The first kappa shape index (κ1) is 15.0. The monoisotopic (exact) mass is 267 g/mol. The minimum Gasteiger partial charge on any atom is -0.506 e. The molecule has 0 aliphatic heterocycles. The van der Waals surface area contributed by atoms with Crippen molar-refractivity contribution in [3.8, 4) is 5.75 Å². The number of benzene rings is 1. The van der Waals surface area contributed by atoms with E-state index in [2.05, 4.69) is 5.32 Å². The molecule has 3 N–H and O–H groups in total. The summed E-state index contributed by atoms with van der Waals surface area (Å²) in [5.41, 5.74) is 0.146. The molecule has 0 unspecified atom stereocenters. The van der Waals surface area contributed by atoms with Crippen LogP contribution in [-0.4, -0.2) is 35.3 Å². The van der Waals surface area contributed by atoms with Crippen LogP contribution in [0.1, 0.15) is 30.1 Å². The molecule has 0 atom stereocenters. The number of hydrogen-bond acceptors (Lipinski definition) is 4. The van der Waals surface area contributed by atoms with E-state index in [1.807, 2.05) is 6.92 Å². The van der Waals surface area contributed by atoms with Gasteiger partial charge in [0, 0.05) is 6.61 Å². The van der Waals surface area contributed by atoms with Gasteiger partial charge in [-0.25, -0.2) is 4.79 Å². The van der Waals surface area contributed by atoms with Crippen LogP contribution in [0.5, 0.6) is 5.75 Å². The summed E-state index contributed by atoms with van der Waals surface area (Å²) >= 11 is 0. The average Bonchev–Trinajstić information content (AvgIpc) is 2.37. The molecule has 1 amide bonds. The van der Waals surface area contributed by atoms with Gasteiger partial charge < -0.3 is 20.3 Å². The Balaban J connectivity index is 2.52. The van der Waals surface area contributed by atoms with Crippen LogP contribution in [0, 0.1) is 0 Å². The number of amides is 1. The highest BCUT2D eigenvalue weighted by molar-refractivity contribution is 5.94. The molecule has 0 fully saturated rings. The summed E-state index contributed by atoms with van der Waals surface area (Å²) in [5.74, 6) is -1.71. The van der Waals surface area contributed by atoms with Crippen LogP contribution in [0.2, 0.25) is 0 Å². The molecule has 0 heterocycles. The first-order valence-corrected chi connectivity index (χ1v) is 5.98. The molecule has 0 saturated heterocycles. The molecule has 0 saturated carbocycles. The summed E-state index contributed by atoms with van der Waals surface area (Å²) < 4.78 is 5.17. The lowest BCUT2D eigenvalue weighted by atomic mass is 10.2. The number of anilines is 1. The maximum absolute atomic E-state index is 11.5. The average molecular weight is 267 g/mol. The maximum atomic E-state index is 11.5. The number of rotatable bonds is 7. The van der Waals surface area contributed by atoms with E-state index in [-0.39, 0.29) is 29.3 Å². The third-order valence-electron chi connectivity index (χ3n) is 2.34. The van der Waals surface area contributed by atoms with Gasteiger partial charge in [0.05, 0.1) is 24.3 Å². The third-order valence-corrected chi connectivity index (χ3v) is 2.34. The molecule has 6 heteroatoms. The second kappa shape index (κ2) is 7.38. The first-order chi connectivity index (χ1) is 9.04. The number of aromatic hydroxyl groups is 1. The van der Waals surface area contributed by atoms with Gasteiger partial charge in [-0.15, -0.1) is 0 Å². The van der Waals surface area contributed by atoms with E-state index in [9.17, 15) is 14.7 Å². The number of ether oxygens (including phenoxy) is 1. The first-order valence-electron chi connectivity index (χ1n) is 5.98. The lowest BCUT2D eigenvalue weighted by Crippen LogP contribution is -2.14. The Labute approximate surface area is 111 Å². The van der Waals surface area contributed by atoms with Gasteiger partial charge in [0.15, 0.2) is 0 Å². The van der Waals surface area contributed by atoms with Crippen molar-refractivity contribution >= 4 is 17.6 Å². The van der Waals surface area contributed by atoms with Gasteiger partial charge in [0.1, 0.15) is 5.75 Å². The van der Waals surface area contributed by atoms with Gasteiger partial charge in [-0.1, -0.05) is 6.92 Å². The smallest absolute Gasteiger partial charge is 0.335 e. The predicted octanol–water partition coefficient (Wildman–Crippen LogP) is 1.85. The Morgan fingerprint density at radius 1 is 1.32 bits per heavy atom. The Morgan fingerprint density at radius 2 is 2.05 bits per heavy atom. The van der Waals surface area contributed by atoms with Crippen LogP contribution in [0.15, 0.2) is 18.2 Å². The SMILES string of the molecule is CCCOCCC(=O)Nc1ccc(C(=O)O)cc1O. The van der Waals surface area contributed by atoms with Crippen molar-refractivity contribution in [3.05, 3.63) is 23.8 Å². The summed E-state index contributed by atoms with van der Waals surface area (Å²) in [5, 5.41) is 20.8. The van der Waals surface area contributed by atoms with E-state index in [1.54, 1.807) is 0 Å². The molecular weight excluding hydrogens is 250 g/mol. The number of carbonyl (C=O) groups excluding carboxylic acids is 1. The van der Waals surface area contributed by atoms with Crippen LogP contribution < -0.4 is 5.32 Å². The minimum atomic E-state index is -1.14. The molecule has 19 heavy (non-hydrogen) atoms. The van der Waals surface area contributed by atoms with E-state index in [1.165, 1.54) is 12.1 Å². The molecule has 0 radical (unpaired) electrons. The van der Waals surface area contributed by atoms with Crippen LogP contribution in [0.4, 0.5) is 5.69 Å². The van der Waals surface area contributed by atoms with Gasteiger partial charge in [-0.2, -0.15) is 0 Å². The van der Waals surface area contributed by atoms with Crippen molar-refractivity contribution in [2.75, 3.05) is 18.5 Å². The van der Waals surface area contributed by atoms with E-state index in [0.717, 1.165) is 12.5 Å². The Hall–Kier alpha value is -2.08. The molecule has 1 aromatic carbocycles. The zero-order valence-electron chi connectivity index (χ0n) is 10.7. The number of phenolic OH excluding ortho intramolecular Hbond substituents is 1. The molecule has 0 aliphatic carbocycles. The number of hydrogen-bond donors (Lipinski definition) is 3. The number of phenols is 1. The lowest BCUT2D eigenvalue weighted by molar-refractivity contribution is -0.117. The maximum Gasteiger partial charge on any atom is 0.335 e. The molecule has 104 valence electrons. The zero-order valence-corrected chi connectivity index (χ0v) is 10.7. The van der Waals surface area contributed by atoms with Crippen molar-refractivity contribution in [2.45, 2.75) is 19.8 Å². The number of carboxylic acids is 1. The highest BCUT2D eigenvalue weighted by atomic mass is 16.5. The summed E-state index contributed by atoms with van der Waals surface area (Å²) in [7, 11) is 0. The quantitative estimate of drug-likeness (QED) is 0.517. The van der Waals surface area contributed by atoms with Crippen molar-refractivity contribution in [3.63, 3.8) is 0 Å². The van der Waals surface area contributed by atoms with Crippen molar-refractivity contribution < 1.29 is 24.5 Å². The Bertz CT molecular complexity index is 458. The summed E-state index contributed by atoms with van der Waals surface area (Å²) in [6.07, 6.45) is 1.07. The molecule has 0 bridgehead atoms. The molecule has 6 nitrogen and oxygen atoms in total. The number of carbonyl (C=O) groups is 2. The van der Waals surface area contributed by atoms with Crippen LogP contribution in [0.25, 0.3) is 0 Å². The van der Waals surface area contributed by atoms with E-state index in [0.29, 0.717) is 13.2 Å². The molecule has 0 aromatic heterocycles. The Morgan fingerprint density at radius 3 is 2.63 bits per heavy atom.